The third kappa shape index (κ3) is 2.99. The standard InChI is InChI=1S/C17H20N6O2/c1-22-13-10-23(6-4-11(13)7-15(22)24)16(25)8-14-19-17(21-20-14)12-3-2-5-18-9-12/h2-3,5,9,11,13H,4,6-8,10H2,1H3,(H,19,20,21)/t11-,13-/m1/s1. The van der Waals surface area contributed by atoms with E-state index in [9.17, 15) is 9.59 Å². The Morgan fingerprint density at radius 3 is 3.12 bits per heavy atom. The first-order valence-electron chi connectivity index (χ1n) is 8.47. The van der Waals surface area contributed by atoms with Gasteiger partial charge in [-0.25, -0.2) is 4.98 Å². The van der Waals surface area contributed by atoms with E-state index >= 15 is 0 Å². The highest BCUT2D eigenvalue weighted by Gasteiger charge is 2.41. The summed E-state index contributed by atoms with van der Waals surface area (Å²) >= 11 is 0. The summed E-state index contributed by atoms with van der Waals surface area (Å²) < 4.78 is 0. The van der Waals surface area contributed by atoms with Gasteiger partial charge in [0.15, 0.2) is 5.82 Å². The summed E-state index contributed by atoms with van der Waals surface area (Å²) in [7, 11) is 1.83. The van der Waals surface area contributed by atoms with Gasteiger partial charge in [0.25, 0.3) is 0 Å². The third-order valence-corrected chi connectivity index (χ3v) is 5.17. The zero-order valence-corrected chi connectivity index (χ0v) is 14.1. The molecule has 4 rings (SSSR count). The van der Waals surface area contributed by atoms with Crippen molar-refractivity contribution in [3.05, 3.63) is 30.4 Å². The Morgan fingerprint density at radius 1 is 1.44 bits per heavy atom. The van der Waals surface area contributed by atoms with Gasteiger partial charge in [-0.1, -0.05) is 0 Å². The van der Waals surface area contributed by atoms with Crippen LogP contribution in [0.4, 0.5) is 0 Å². The number of rotatable bonds is 3. The maximum absolute atomic E-state index is 12.6. The lowest BCUT2D eigenvalue weighted by atomic mass is 9.92. The number of aromatic nitrogens is 4. The van der Waals surface area contributed by atoms with Crippen LogP contribution in [0, 0.1) is 5.92 Å². The molecule has 8 nitrogen and oxygen atoms in total. The Morgan fingerprint density at radius 2 is 2.32 bits per heavy atom. The normalized spacial score (nSPS) is 23.0. The number of nitrogens with one attached hydrogen (secondary N) is 1. The molecule has 130 valence electrons. The number of hydrogen-bond donors (Lipinski definition) is 1. The van der Waals surface area contributed by atoms with Gasteiger partial charge in [0.2, 0.25) is 11.8 Å². The zero-order valence-electron chi connectivity index (χ0n) is 14.1. The fraction of sp³-hybridized carbons (Fsp3) is 0.471. The van der Waals surface area contributed by atoms with Crippen LogP contribution in [0.5, 0.6) is 0 Å². The average molecular weight is 340 g/mol. The second-order valence-electron chi connectivity index (χ2n) is 6.69. The lowest BCUT2D eigenvalue weighted by molar-refractivity contribution is -0.134. The molecule has 2 aliphatic heterocycles. The molecule has 0 unspecified atom stereocenters. The molecule has 2 amide bonds. The molecule has 2 aromatic heterocycles. The fourth-order valence-electron chi connectivity index (χ4n) is 3.69. The maximum atomic E-state index is 12.6. The van der Waals surface area contributed by atoms with Gasteiger partial charge in [-0.2, -0.15) is 5.10 Å². The minimum atomic E-state index is 0.0140. The summed E-state index contributed by atoms with van der Waals surface area (Å²) in [4.78, 5) is 36.5. The molecule has 0 saturated carbocycles. The molecule has 4 heterocycles. The Kier molecular flexibility index (Phi) is 3.95. The number of carbonyl (C=O) groups excluding carboxylic acids is 2. The highest BCUT2D eigenvalue weighted by Crippen LogP contribution is 2.31. The van der Waals surface area contributed by atoms with E-state index in [1.807, 2.05) is 24.1 Å². The number of nitrogens with zero attached hydrogens (tertiary/aromatic N) is 5. The van der Waals surface area contributed by atoms with Crippen molar-refractivity contribution in [3.8, 4) is 11.4 Å². The van der Waals surface area contributed by atoms with E-state index in [4.69, 9.17) is 0 Å². The van der Waals surface area contributed by atoms with Crippen LogP contribution in [0.15, 0.2) is 24.5 Å². The van der Waals surface area contributed by atoms with E-state index in [0.717, 1.165) is 12.0 Å². The lowest BCUT2D eigenvalue weighted by Crippen LogP contribution is -2.50. The van der Waals surface area contributed by atoms with Gasteiger partial charge in [-0.3, -0.25) is 19.7 Å². The molecule has 0 aliphatic carbocycles. The second-order valence-corrected chi connectivity index (χ2v) is 6.69. The Balaban J connectivity index is 1.41. The second kappa shape index (κ2) is 6.27. The summed E-state index contributed by atoms with van der Waals surface area (Å²) in [5, 5.41) is 7.00. The van der Waals surface area contributed by atoms with Crippen molar-refractivity contribution in [1.82, 2.24) is 30.0 Å². The van der Waals surface area contributed by atoms with E-state index in [1.54, 1.807) is 17.3 Å². The highest BCUT2D eigenvalue weighted by molar-refractivity contribution is 5.81. The first-order valence-corrected chi connectivity index (χ1v) is 8.47. The van der Waals surface area contributed by atoms with Crippen LogP contribution in [0.1, 0.15) is 18.7 Å². The van der Waals surface area contributed by atoms with Crippen molar-refractivity contribution >= 4 is 11.8 Å². The SMILES string of the molecule is CN1C(=O)C[C@H]2CCN(C(=O)Cc3nc(-c4cccnc4)n[nH]3)C[C@H]21. The third-order valence-electron chi connectivity index (χ3n) is 5.17. The molecule has 2 fully saturated rings. The van der Waals surface area contributed by atoms with Crippen molar-refractivity contribution in [2.75, 3.05) is 20.1 Å². The number of carbonyl (C=O) groups is 2. The number of H-pyrrole nitrogens is 1. The highest BCUT2D eigenvalue weighted by atomic mass is 16.2. The van der Waals surface area contributed by atoms with Crippen LogP contribution in [0.25, 0.3) is 11.4 Å². The van der Waals surface area contributed by atoms with E-state index in [2.05, 4.69) is 20.2 Å². The van der Waals surface area contributed by atoms with Gasteiger partial charge in [0, 0.05) is 44.5 Å². The predicted octanol–water partition coefficient (Wildman–Crippen LogP) is 0.488. The Bertz CT molecular complexity index is 789. The number of piperidine rings is 1. The van der Waals surface area contributed by atoms with Crippen molar-refractivity contribution in [1.29, 1.82) is 0 Å². The number of likely N-dealkylation sites (tertiary alicyclic amines) is 2. The largest absolute Gasteiger partial charge is 0.341 e. The van der Waals surface area contributed by atoms with Crippen LogP contribution >= 0.6 is 0 Å². The van der Waals surface area contributed by atoms with E-state index in [-0.39, 0.29) is 24.3 Å². The zero-order chi connectivity index (χ0) is 17.4. The Labute approximate surface area is 145 Å². The van der Waals surface area contributed by atoms with E-state index in [0.29, 0.717) is 37.1 Å². The van der Waals surface area contributed by atoms with E-state index < -0.39 is 0 Å². The summed E-state index contributed by atoms with van der Waals surface area (Å²) in [6.45, 7) is 1.31. The number of pyridine rings is 1. The molecular weight excluding hydrogens is 320 g/mol. The van der Waals surface area contributed by atoms with Crippen molar-refractivity contribution in [2.45, 2.75) is 25.3 Å². The first kappa shape index (κ1) is 15.7. The smallest absolute Gasteiger partial charge is 0.230 e. The summed E-state index contributed by atoms with van der Waals surface area (Å²) in [6, 6.07) is 3.84. The number of hydrogen-bond acceptors (Lipinski definition) is 5. The van der Waals surface area contributed by atoms with Crippen LogP contribution in [-0.4, -0.2) is 68.0 Å². The maximum Gasteiger partial charge on any atom is 0.230 e. The summed E-state index contributed by atoms with van der Waals surface area (Å²) in [5.41, 5.74) is 0.810. The van der Waals surface area contributed by atoms with Crippen LogP contribution in [0.3, 0.4) is 0 Å². The van der Waals surface area contributed by atoms with Gasteiger partial charge in [0.1, 0.15) is 5.82 Å². The van der Waals surface area contributed by atoms with Gasteiger partial charge < -0.3 is 9.80 Å². The number of aromatic amines is 1. The van der Waals surface area contributed by atoms with Gasteiger partial charge in [0.05, 0.1) is 12.5 Å². The van der Waals surface area contributed by atoms with E-state index in [1.165, 1.54) is 0 Å². The molecule has 2 saturated heterocycles. The predicted molar refractivity (Wildman–Crippen MR) is 89.2 cm³/mol. The topological polar surface area (TPSA) is 95.1 Å². The molecule has 2 aliphatic rings. The molecule has 25 heavy (non-hydrogen) atoms. The van der Waals surface area contributed by atoms with Crippen molar-refractivity contribution in [3.63, 3.8) is 0 Å². The van der Waals surface area contributed by atoms with Crippen LogP contribution in [0.2, 0.25) is 0 Å². The van der Waals surface area contributed by atoms with Gasteiger partial charge in [-0.15, -0.1) is 0 Å². The average Bonchev–Trinajstić information content (AvgIpc) is 3.21. The summed E-state index contributed by atoms with van der Waals surface area (Å²) in [5.74, 6) is 1.65. The molecular formula is C17H20N6O2. The molecule has 0 bridgehead atoms. The first-order chi connectivity index (χ1) is 12.1. The minimum absolute atomic E-state index is 0.0140. The van der Waals surface area contributed by atoms with Crippen molar-refractivity contribution < 1.29 is 9.59 Å². The van der Waals surface area contributed by atoms with Gasteiger partial charge in [-0.05, 0) is 24.5 Å². The Hall–Kier alpha value is -2.77. The molecule has 0 radical (unpaired) electrons. The monoisotopic (exact) mass is 340 g/mol. The molecule has 2 atom stereocenters. The molecule has 1 N–H and O–H groups in total. The molecule has 0 spiro atoms. The number of likely N-dealkylation sites (N-methyl/N-ethyl adjacent to an activating group) is 1. The van der Waals surface area contributed by atoms with Crippen molar-refractivity contribution in [2.24, 2.45) is 5.92 Å². The molecule has 8 heteroatoms. The molecule has 2 aromatic rings. The van der Waals surface area contributed by atoms with Gasteiger partial charge >= 0.3 is 0 Å². The van der Waals surface area contributed by atoms with Crippen LogP contribution in [-0.2, 0) is 16.0 Å². The quantitative estimate of drug-likeness (QED) is 0.877. The number of fused-ring (bicyclic) bond motifs is 1. The molecule has 0 aromatic carbocycles. The number of amides is 2. The van der Waals surface area contributed by atoms with Crippen LogP contribution < -0.4 is 0 Å². The summed E-state index contributed by atoms with van der Waals surface area (Å²) in [6.07, 6.45) is 5.05. The minimum Gasteiger partial charge on any atom is -0.341 e. The fourth-order valence-corrected chi connectivity index (χ4v) is 3.69. The lowest BCUT2D eigenvalue weighted by Gasteiger charge is -2.37.